The Morgan fingerprint density at radius 3 is 2.41 bits per heavy atom. The molecule has 17 heavy (non-hydrogen) atoms. The van der Waals surface area contributed by atoms with E-state index in [1.165, 1.54) is 0 Å². The molecule has 0 atom stereocenters. The number of carbonyl (C=O) groups excluding carboxylic acids is 1. The van der Waals surface area contributed by atoms with Crippen LogP contribution in [-0.2, 0) is 4.79 Å². The van der Waals surface area contributed by atoms with Gasteiger partial charge in [-0.15, -0.1) is 0 Å². The van der Waals surface area contributed by atoms with Gasteiger partial charge in [0.1, 0.15) is 0 Å². The van der Waals surface area contributed by atoms with Gasteiger partial charge in [-0.2, -0.15) is 0 Å². The van der Waals surface area contributed by atoms with Crippen LogP contribution in [0.5, 0.6) is 0 Å². The average Bonchev–Trinajstić information content (AvgIpc) is 2.88. The maximum absolute atomic E-state index is 11.9. The van der Waals surface area contributed by atoms with Crippen LogP contribution < -0.4 is 0 Å². The highest BCUT2D eigenvalue weighted by atomic mass is 16.3. The summed E-state index contributed by atoms with van der Waals surface area (Å²) in [6, 6.07) is 0. The second-order valence-corrected chi connectivity index (χ2v) is 5.69. The number of likely N-dealkylation sites (N-methyl/N-ethyl adjacent to an activating group) is 1. The van der Waals surface area contributed by atoms with Crippen LogP contribution in [0.1, 0.15) is 38.5 Å². The molecule has 98 valence electrons. The molecule has 1 amide bonds. The summed E-state index contributed by atoms with van der Waals surface area (Å²) in [5.74, 6) is 0.214. The van der Waals surface area contributed by atoms with Crippen molar-refractivity contribution in [3.05, 3.63) is 0 Å². The van der Waals surface area contributed by atoms with Gasteiger partial charge in [-0.3, -0.25) is 9.69 Å². The monoisotopic (exact) mass is 240 g/mol. The molecule has 0 radical (unpaired) electrons. The summed E-state index contributed by atoms with van der Waals surface area (Å²) in [5, 5.41) is 10.3. The average molecular weight is 240 g/mol. The third-order valence-corrected chi connectivity index (χ3v) is 3.96. The van der Waals surface area contributed by atoms with Crippen molar-refractivity contribution in [3.8, 4) is 0 Å². The van der Waals surface area contributed by atoms with E-state index in [2.05, 4.69) is 0 Å². The molecule has 1 aliphatic heterocycles. The number of carbonyl (C=O) groups is 1. The Kier molecular flexibility index (Phi) is 4.05. The number of hydrogen-bond acceptors (Lipinski definition) is 3. The molecule has 2 rings (SSSR count). The van der Waals surface area contributed by atoms with Gasteiger partial charge in [0.05, 0.1) is 12.1 Å². The maximum atomic E-state index is 11.9. The van der Waals surface area contributed by atoms with Crippen molar-refractivity contribution in [1.29, 1.82) is 0 Å². The highest BCUT2D eigenvalue weighted by Crippen LogP contribution is 2.29. The van der Waals surface area contributed by atoms with E-state index in [9.17, 15) is 9.90 Å². The van der Waals surface area contributed by atoms with Gasteiger partial charge in [-0.25, -0.2) is 0 Å². The van der Waals surface area contributed by atoms with E-state index >= 15 is 0 Å². The topological polar surface area (TPSA) is 43.8 Å². The van der Waals surface area contributed by atoms with E-state index < -0.39 is 5.60 Å². The zero-order valence-electron chi connectivity index (χ0n) is 10.8. The zero-order chi connectivity index (χ0) is 12.3. The van der Waals surface area contributed by atoms with Gasteiger partial charge in [0.15, 0.2) is 0 Å². The number of aliphatic hydroxyl groups is 1. The van der Waals surface area contributed by atoms with Crippen LogP contribution in [0.2, 0.25) is 0 Å². The van der Waals surface area contributed by atoms with Crippen LogP contribution in [0, 0.1) is 0 Å². The number of hydrogen-bond donors (Lipinski definition) is 1. The van der Waals surface area contributed by atoms with Crippen LogP contribution in [0.15, 0.2) is 0 Å². The Morgan fingerprint density at radius 2 is 1.82 bits per heavy atom. The normalized spacial score (nSPS) is 23.6. The van der Waals surface area contributed by atoms with Gasteiger partial charge in [0, 0.05) is 19.6 Å². The molecule has 0 bridgehead atoms. The van der Waals surface area contributed by atoms with Gasteiger partial charge < -0.3 is 10.0 Å². The minimum absolute atomic E-state index is 0.214. The van der Waals surface area contributed by atoms with Gasteiger partial charge >= 0.3 is 0 Å². The molecule has 1 saturated carbocycles. The first-order valence-electron chi connectivity index (χ1n) is 6.78. The van der Waals surface area contributed by atoms with Crippen LogP contribution in [0.4, 0.5) is 0 Å². The number of rotatable bonds is 4. The van der Waals surface area contributed by atoms with E-state index in [4.69, 9.17) is 0 Å². The molecule has 0 aromatic carbocycles. The van der Waals surface area contributed by atoms with E-state index in [0.717, 1.165) is 51.6 Å². The molecule has 4 nitrogen and oxygen atoms in total. The maximum Gasteiger partial charge on any atom is 0.236 e. The van der Waals surface area contributed by atoms with Crippen molar-refractivity contribution in [2.45, 2.75) is 44.1 Å². The van der Waals surface area contributed by atoms with E-state index in [1.807, 2.05) is 16.8 Å². The minimum Gasteiger partial charge on any atom is -0.389 e. The summed E-state index contributed by atoms with van der Waals surface area (Å²) in [6.07, 6.45) is 6.28. The van der Waals surface area contributed by atoms with Gasteiger partial charge in [0.2, 0.25) is 5.91 Å². The molecule has 1 aliphatic carbocycles. The molecule has 0 aromatic heterocycles. The second kappa shape index (κ2) is 5.36. The van der Waals surface area contributed by atoms with Crippen molar-refractivity contribution in [2.75, 3.05) is 33.2 Å². The molecule has 2 aliphatic rings. The quantitative estimate of drug-likeness (QED) is 0.792. The summed E-state index contributed by atoms with van der Waals surface area (Å²) in [4.78, 5) is 15.9. The molecule has 0 aromatic rings. The smallest absolute Gasteiger partial charge is 0.236 e. The first kappa shape index (κ1) is 12.8. The number of likely N-dealkylation sites (tertiary alicyclic amines) is 1. The zero-order valence-corrected chi connectivity index (χ0v) is 10.8. The minimum atomic E-state index is -0.542. The fourth-order valence-electron chi connectivity index (χ4n) is 3.05. The van der Waals surface area contributed by atoms with Crippen molar-refractivity contribution in [2.24, 2.45) is 0 Å². The lowest BCUT2D eigenvalue weighted by molar-refractivity contribution is -0.131. The van der Waals surface area contributed by atoms with Gasteiger partial charge in [-0.1, -0.05) is 12.8 Å². The van der Waals surface area contributed by atoms with Gasteiger partial charge in [0.25, 0.3) is 0 Å². The Bertz CT molecular complexity index is 269. The van der Waals surface area contributed by atoms with E-state index in [-0.39, 0.29) is 5.91 Å². The van der Waals surface area contributed by atoms with Crippen molar-refractivity contribution in [3.63, 3.8) is 0 Å². The molecule has 0 unspecified atom stereocenters. The number of nitrogens with zero attached hydrogens (tertiary/aromatic N) is 2. The van der Waals surface area contributed by atoms with Crippen LogP contribution >= 0.6 is 0 Å². The van der Waals surface area contributed by atoms with Crippen LogP contribution in [-0.4, -0.2) is 59.6 Å². The molecule has 0 spiro atoms. The molecule has 4 heteroatoms. The Morgan fingerprint density at radius 1 is 1.24 bits per heavy atom. The van der Waals surface area contributed by atoms with Crippen molar-refractivity contribution < 1.29 is 9.90 Å². The van der Waals surface area contributed by atoms with E-state index in [1.54, 1.807) is 0 Å². The third kappa shape index (κ3) is 3.42. The number of amides is 1. The molecule has 1 saturated heterocycles. The standard InChI is InChI=1S/C13H24N2O2/c1-14(11-13(17)6-2-3-7-13)10-12(16)15-8-4-5-9-15/h17H,2-11H2,1H3. The molecule has 1 N–H and O–H groups in total. The van der Waals surface area contributed by atoms with Crippen molar-refractivity contribution in [1.82, 2.24) is 9.80 Å². The lowest BCUT2D eigenvalue weighted by Gasteiger charge is -2.29. The fraction of sp³-hybridized carbons (Fsp3) is 0.923. The summed E-state index contributed by atoms with van der Waals surface area (Å²) in [7, 11) is 1.93. The molecule has 1 heterocycles. The van der Waals surface area contributed by atoms with Gasteiger partial charge in [-0.05, 0) is 32.7 Å². The summed E-state index contributed by atoms with van der Waals surface area (Å²) in [5.41, 5.74) is -0.542. The third-order valence-electron chi connectivity index (χ3n) is 3.96. The molecular weight excluding hydrogens is 216 g/mol. The fourth-order valence-corrected chi connectivity index (χ4v) is 3.05. The molecular formula is C13H24N2O2. The summed E-state index contributed by atoms with van der Waals surface area (Å²) in [6.45, 7) is 2.91. The van der Waals surface area contributed by atoms with E-state index in [0.29, 0.717) is 13.1 Å². The Labute approximate surface area is 104 Å². The lowest BCUT2D eigenvalue weighted by Crippen LogP contribution is -2.44. The summed E-state index contributed by atoms with van der Waals surface area (Å²) < 4.78 is 0. The van der Waals surface area contributed by atoms with Crippen molar-refractivity contribution >= 4 is 5.91 Å². The van der Waals surface area contributed by atoms with Crippen LogP contribution in [0.3, 0.4) is 0 Å². The first-order chi connectivity index (χ1) is 8.09. The lowest BCUT2D eigenvalue weighted by atomic mass is 10.0. The SMILES string of the molecule is CN(CC(=O)N1CCCC1)CC1(O)CCCC1. The summed E-state index contributed by atoms with van der Waals surface area (Å²) >= 11 is 0. The first-order valence-corrected chi connectivity index (χ1v) is 6.78. The predicted octanol–water partition coefficient (Wildman–Crippen LogP) is 0.846. The Hall–Kier alpha value is -0.610. The highest BCUT2D eigenvalue weighted by Gasteiger charge is 2.32. The van der Waals surface area contributed by atoms with Crippen LogP contribution in [0.25, 0.3) is 0 Å². The Balaban J connectivity index is 1.76. The second-order valence-electron chi connectivity index (χ2n) is 5.69. The largest absolute Gasteiger partial charge is 0.389 e. The predicted molar refractivity (Wildman–Crippen MR) is 66.7 cm³/mol. The highest BCUT2D eigenvalue weighted by molar-refractivity contribution is 5.78. The molecule has 2 fully saturated rings.